The first-order chi connectivity index (χ1) is 17.4. The molecular weight excluding hydrogens is 493 g/mol. The van der Waals surface area contributed by atoms with Gasteiger partial charge in [0.05, 0.1) is 12.6 Å². The Hall–Kier alpha value is -2.99. The minimum atomic E-state index is -5.08. The first-order valence-electron chi connectivity index (χ1n) is 12.3. The van der Waals surface area contributed by atoms with Crippen LogP contribution in [0.1, 0.15) is 60.7 Å². The molecule has 1 saturated carbocycles. The van der Waals surface area contributed by atoms with Gasteiger partial charge < -0.3 is 9.84 Å². The summed E-state index contributed by atoms with van der Waals surface area (Å²) >= 11 is 0. The van der Waals surface area contributed by atoms with Crippen molar-refractivity contribution in [2.24, 2.45) is 0 Å². The number of benzene rings is 1. The predicted molar refractivity (Wildman–Crippen MR) is 127 cm³/mol. The number of aryl methyl sites for hydroxylation is 2. The third-order valence-corrected chi connectivity index (χ3v) is 7.12. The molecule has 5 rings (SSSR count). The lowest BCUT2D eigenvalue weighted by Gasteiger charge is -2.35. The number of hydrogen-bond acceptors (Lipinski definition) is 6. The van der Waals surface area contributed by atoms with Crippen molar-refractivity contribution >= 4 is 5.97 Å². The van der Waals surface area contributed by atoms with Crippen LogP contribution in [0.2, 0.25) is 0 Å². The Bertz CT molecular complexity index is 1260. The number of carboxylic acids is 1. The van der Waals surface area contributed by atoms with E-state index in [0.717, 1.165) is 51.7 Å². The summed E-state index contributed by atoms with van der Waals surface area (Å²) in [6.45, 7) is 7.51. The zero-order chi connectivity index (χ0) is 27.0. The first kappa shape index (κ1) is 27.1. The van der Waals surface area contributed by atoms with E-state index in [4.69, 9.17) is 14.6 Å². The maximum absolute atomic E-state index is 12.9. The molecule has 1 spiro atoms. The average Bonchev–Trinajstić information content (AvgIpc) is 3.47. The molecule has 1 atom stereocenters. The van der Waals surface area contributed by atoms with E-state index in [1.165, 1.54) is 21.4 Å². The van der Waals surface area contributed by atoms with Gasteiger partial charge in [0, 0.05) is 19.6 Å². The van der Waals surface area contributed by atoms with Gasteiger partial charge >= 0.3 is 23.3 Å². The Labute approximate surface area is 211 Å². The monoisotopic (exact) mass is 524 g/mol. The minimum Gasteiger partial charge on any atom is -0.475 e. The van der Waals surface area contributed by atoms with Gasteiger partial charge in [-0.1, -0.05) is 42.2 Å². The van der Waals surface area contributed by atoms with Crippen LogP contribution in [-0.2, 0) is 29.2 Å². The van der Waals surface area contributed by atoms with E-state index >= 15 is 0 Å². The maximum Gasteiger partial charge on any atom is 0.490 e. The lowest BCUT2D eigenvalue weighted by molar-refractivity contribution is -0.192. The Balaban J connectivity index is 0.000000405. The molecule has 1 aromatic carbocycles. The Morgan fingerprint density at radius 3 is 2.32 bits per heavy atom. The van der Waals surface area contributed by atoms with Gasteiger partial charge in [-0.3, -0.25) is 19.1 Å². The summed E-state index contributed by atoms with van der Waals surface area (Å²) in [4.78, 5) is 36.9. The van der Waals surface area contributed by atoms with Crippen LogP contribution >= 0.6 is 0 Å². The number of nitrogens with zero attached hydrogens (tertiary/aromatic N) is 4. The third kappa shape index (κ3) is 6.12. The van der Waals surface area contributed by atoms with Crippen LogP contribution in [0.3, 0.4) is 0 Å². The first-order valence-corrected chi connectivity index (χ1v) is 12.3. The second kappa shape index (κ2) is 10.4. The predicted octanol–water partition coefficient (Wildman–Crippen LogP) is 2.95. The molecule has 1 saturated heterocycles. The zero-order valence-electron chi connectivity index (χ0n) is 20.9. The molecule has 0 bridgehead atoms. The summed E-state index contributed by atoms with van der Waals surface area (Å²) in [6, 6.07) is 6.71. The smallest absolute Gasteiger partial charge is 0.475 e. The van der Waals surface area contributed by atoms with Crippen LogP contribution in [0.25, 0.3) is 0 Å². The second-order valence-electron chi connectivity index (χ2n) is 10.2. The van der Waals surface area contributed by atoms with Crippen molar-refractivity contribution < 1.29 is 27.8 Å². The molecule has 0 amide bonds. The lowest BCUT2D eigenvalue weighted by Crippen LogP contribution is -2.53. The van der Waals surface area contributed by atoms with Gasteiger partial charge in [0.25, 0.3) is 0 Å². The Morgan fingerprint density at radius 2 is 1.73 bits per heavy atom. The van der Waals surface area contributed by atoms with Crippen LogP contribution in [0.15, 0.2) is 27.8 Å². The summed E-state index contributed by atoms with van der Waals surface area (Å²) in [5.74, 6) is -2.17. The number of fused-ring (bicyclic) bond motifs is 1. The average molecular weight is 525 g/mol. The highest BCUT2D eigenvalue weighted by atomic mass is 19.4. The largest absolute Gasteiger partial charge is 0.490 e. The number of rotatable bonds is 3. The zero-order valence-corrected chi connectivity index (χ0v) is 20.9. The second-order valence-corrected chi connectivity index (χ2v) is 10.2. The van der Waals surface area contributed by atoms with Gasteiger partial charge in [0.15, 0.2) is 5.82 Å². The highest BCUT2D eigenvalue weighted by molar-refractivity contribution is 5.73. The highest BCUT2D eigenvalue weighted by Crippen LogP contribution is 2.33. The molecule has 2 fully saturated rings. The molecule has 202 valence electrons. The number of likely N-dealkylation sites (tertiary alicyclic amines) is 1. The van der Waals surface area contributed by atoms with E-state index in [9.17, 15) is 22.8 Å². The molecule has 9 nitrogen and oxygen atoms in total. The summed E-state index contributed by atoms with van der Waals surface area (Å²) < 4.78 is 41.1. The Kier molecular flexibility index (Phi) is 7.61. The van der Waals surface area contributed by atoms with Gasteiger partial charge in [-0.25, -0.2) is 9.48 Å². The number of halogens is 3. The fourth-order valence-electron chi connectivity index (χ4n) is 5.50. The van der Waals surface area contributed by atoms with Crippen molar-refractivity contribution in [3.05, 3.63) is 61.4 Å². The molecule has 1 aliphatic carbocycles. The van der Waals surface area contributed by atoms with Crippen molar-refractivity contribution in [2.45, 2.75) is 83.5 Å². The van der Waals surface area contributed by atoms with Crippen molar-refractivity contribution in [3.63, 3.8) is 0 Å². The molecule has 2 aromatic rings. The normalized spacial score (nSPS) is 22.1. The van der Waals surface area contributed by atoms with Gasteiger partial charge in [-0.15, -0.1) is 0 Å². The fourth-order valence-corrected chi connectivity index (χ4v) is 5.50. The topological polar surface area (TPSA) is 107 Å². The highest BCUT2D eigenvalue weighted by Gasteiger charge is 2.43. The van der Waals surface area contributed by atoms with E-state index < -0.39 is 28.9 Å². The molecule has 1 N–H and O–H groups in total. The number of carboxylic acid groups (broad SMARTS) is 1. The molecular formula is C25H31F3N4O5. The van der Waals surface area contributed by atoms with Crippen molar-refractivity contribution in [2.75, 3.05) is 13.1 Å². The van der Waals surface area contributed by atoms with Crippen LogP contribution in [0, 0.1) is 13.8 Å². The van der Waals surface area contributed by atoms with Crippen LogP contribution in [0.5, 0.6) is 0 Å². The molecule has 0 radical (unpaired) electrons. The standard InChI is InChI=1S/C23H30N4O3.C2HF3O2/c1-16-9-17(2)11-18(10-16)12-25-8-7-23(14-25)15-26-20(13-30-23)24-27(22(29)21(26)28)19-5-3-4-6-19;3-2(4,5)1(6)7/h9-11,19H,3-8,12-15H2,1-2H3;(H,6,7). The summed E-state index contributed by atoms with van der Waals surface area (Å²) in [5, 5.41) is 11.7. The summed E-state index contributed by atoms with van der Waals surface area (Å²) in [5.41, 5.74) is 2.52. The minimum absolute atomic E-state index is 0.0618. The van der Waals surface area contributed by atoms with Crippen LogP contribution < -0.4 is 11.1 Å². The number of alkyl halides is 3. The number of aliphatic carboxylic acids is 1. The number of ether oxygens (including phenoxy) is 1. The van der Waals surface area contributed by atoms with Crippen molar-refractivity contribution in [1.29, 1.82) is 0 Å². The Morgan fingerprint density at radius 1 is 1.11 bits per heavy atom. The van der Waals surface area contributed by atoms with Gasteiger partial charge in [0.1, 0.15) is 12.2 Å². The fraction of sp³-hybridized carbons (Fsp3) is 0.600. The van der Waals surface area contributed by atoms with E-state index in [2.05, 4.69) is 42.0 Å². The van der Waals surface area contributed by atoms with Crippen molar-refractivity contribution in [1.82, 2.24) is 19.2 Å². The van der Waals surface area contributed by atoms with Crippen molar-refractivity contribution in [3.8, 4) is 0 Å². The summed E-state index contributed by atoms with van der Waals surface area (Å²) in [7, 11) is 0. The lowest BCUT2D eigenvalue weighted by atomic mass is 10.0. The molecule has 3 heterocycles. The van der Waals surface area contributed by atoms with Gasteiger partial charge in [-0.05, 0) is 38.7 Å². The maximum atomic E-state index is 12.9. The molecule has 1 unspecified atom stereocenters. The molecule has 2 aliphatic heterocycles. The van der Waals surface area contributed by atoms with E-state index in [1.54, 1.807) is 4.57 Å². The molecule has 1 aromatic heterocycles. The van der Waals surface area contributed by atoms with Gasteiger partial charge in [0.2, 0.25) is 0 Å². The number of carbonyl (C=O) groups is 1. The number of hydrogen-bond donors (Lipinski definition) is 1. The van der Waals surface area contributed by atoms with E-state index in [-0.39, 0.29) is 6.04 Å². The molecule has 37 heavy (non-hydrogen) atoms. The van der Waals surface area contributed by atoms with Crippen LogP contribution in [0.4, 0.5) is 13.2 Å². The van der Waals surface area contributed by atoms with Crippen LogP contribution in [-0.4, -0.2) is 55.2 Å². The van der Waals surface area contributed by atoms with E-state index in [0.29, 0.717) is 19.0 Å². The van der Waals surface area contributed by atoms with Gasteiger partial charge in [-0.2, -0.15) is 18.3 Å². The SMILES string of the molecule is Cc1cc(C)cc(CN2CCC3(C2)Cn2c(nn(C4CCCC4)c(=O)c2=O)CO3)c1.O=C(O)C(F)(F)F. The van der Waals surface area contributed by atoms with E-state index in [1.807, 2.05) is 0 Å². The molecule has 3 aliphatic rings. The third-order valence-electron chi connectivity index (χ3n) is 7.12. The molecule has 12 heteroatoms. The summed E-state index contributed by atoms with van der Waals surface area (Å²) in [6.07, 6.45) is -0.197. The number of aromatic nitrogens is 3. The quantitative estimate of drug-likeness (QED) is 0.616.